The molecule has 3 heterocycles. The molecule has 0 radical (unpaired) electrons. The highest BCUT2D eigenvalue weighted by Gasteiger charge is 2.35. The third-order valence-electron chi connectivity index (χ3n) is 5.81. The monoisotopic (exact) mass is 477 g/mol. The van der Waals surface area contributed by atoms with Gasteiger partial charge in [0.2, 0.25) is 6.79 Å². The molecule has 0 bridgehead atoms. The van der Waals surface area contributed by atoms with Crippen molar-refractivity contribution in [2.75, 3.05) is 27.5 Å². The summed E-state index contributed by atoms with van der Waals surface area (Å²) >= 11 is 1.58. The molecule has 0 fully saturated rings. The van der Waals surface area contributed by atoms with Gasteiger partial charge in [0, 0.05) is 19.0 Å². The predicted octanol–water partition coefficient (Wildman–Crippen LogP) is 3.94. The number of fused-ring (bicyclic) bond motifs is 1. The van der Waals surface area contributed by atoms with Crippen LogP contribution in [-0.4, -0.2) is 54.9 Å². The van der Waals surface area contributed by atoms with Gasteiger partial charge in [-0.05, 0) is 53.4 Å². The summed E-state index contributed by atoms with van der Waals surface area (Å²) in [6.45, 7) is 0.0778. The van der Waals surface area contributed by atoms with Gasteiger partial charge in [-0.15, -0.1) is 11.3 Å². The molecule has 0 saturated carbocycles. The number of hydrogen-bond donors (Lipinski definition) is 0. The van der Waals surface area contributed by atoms with Crippen LogP contribution in [-0.2, 0) is 4.79 Å². The van der Waals surface area contributed by atoms with Crippen molar-refractivity contribution in [3.8, 4) is 17.2 Å². The van der Waals surface area contributed by atoms with Gasteiger partial charge in [0.25, 0.3) is 11.8 Å². The summed E-state index contributed by atoms with van der Waals surface area (Å²) < 4.78 is 16.1. The molecule has 1 atom stereocenters. The Morgan fingerprint density at radius 1 is 1.15 bits per heavy atom. The van der Waals surface area contributed by atoms with Crippen LogP contribution in [0.5, 0.6) is 17.2 Å². The maximum atomic E-state index is 13.4. The lowest BCUT2D eigenvalue weighted by Crippen LogP contribution is -2.39. The van der Waals surface area contributed by atoms with Gasteiger partial charge in [0.15, 0.2) is 11.5 Å². The van der Waals surface area contributed by atoms with Crippen molar-refractivity contribution >= 4 is 28.9 Å². The topological polar surface area (TPSA) is 80.7 Å². The summed E-state index contributed by atoms with van der Waals surface area (Å²) in [6, 6.07) is 16.1. The van der Waals surface area contributed by atoms with Crippen LogP contribution in [0.25, 0.3) is 0 Å². The van der Waals surface area contributed by atoms with E-state index in [0.717, 1.165) is 16.2 Å². The number of ether oxygens (including phenoxy) is 3. The minimum Gasteiger partial charge on any atom is -0.497 e. The molecule has 0 aliphatic carbocycles. The molecule has 1 unspecified atom stereocenters. The fraction of sp³-hybridized carbons (Fsp3) is 0.240. The Kier molecular flexibility index (Phi) is 5.93. The second-order valence-electron chi connectivity index (χ2n) is 7.98. The lowest BCUT2D eigenvalue weighted by molar-refractivity contribution is -0.133. The number of thiophene rings is 1. The summed E-state index contributed by atoms with van der Waals surface area (Å²) in [6.07, 6.45) is 0.571. The number of nitrogens with zero attached hydrogens (tertiary/aromatic N) is 3. The third-order valence-corrected chi connectivity index (χ3v) is 6.73. The first-order valence-electron chi connectivity index (χ1n) is 10.8. The Bertz CT molecular complexity index is 1240. The zero-order chi connectivity index (χ0) is 23.7. The fourth-order valence-electron chi connectivity index (χ4n) is 4.01. The van der Waals surface area contributed by atoms with Gasteiger partial charge in [0.05, 0.1) is 23.7 Å². The molecule has 2 aliphatic heterocycles. The molecule has 2 amide bonds. The summed E-state index contributed by atoms with van der Waals surface area (Å²) in [5, 5.41) is 8.15. The maximum Gasteiger partial charge on any atom is 0.262 e. The Morgan fingerprint density at radius 2 is 1.94 bits per heavy atom. The van der Waals surface area contributed by atoms with E-state index in [0.29, 0.717) is 29.2 Å². The number of hydrazone groups is 1. The van der Waals surface area contributed by atoms with Gasteiger partial charge in [-0.3, -0.25) is 9.59 Å². The fourth-order valence-corrected chi connectivity index (χ4v) is 4.73. The highest BCUT2D eigenvalue weighted by Crippen LogP contribution is 2.39. The zero-order valence-corrected chi connectivity index (χ0v) is 19.6. The van der Waals surface area contributed by atoms with E-state index < -0.39 is 0 Å². The van der Waals surface area contributed by atoms with Crippen molar-refractivity contribution in [2.24, 2.45) is 5.10 Å². The summed E-state index contributed by atoms with van der Waals surface area (Å²) in [7, 11) is 3.18. The van der Waals surface area contributed by atoms with E-state index in [-0.39, 0.29) is 31.2 Å². The number of likely N-dealkylation sites (N-methyl/N-ethyl adjacent to an activating group) is 1. The van der Waals surface area contributed by atoms with Crippen molar-refractivity contribution in [3.05, 3.63) is 76.0 Å². The van der Waals surface area contributed by atoms with E-state index >= 15 is 0 Å². The number of hydrogen-bond acceptors (Lipinski definition) is 7. The van der Waals surface area contributed by atoms with Crippen LogP contribution in [0.2, 0.25) is 0 Å². The van der Waals surface area contributed by atoms with Gasteiger partial charge in [0.1, 0.15) is 12.3 Å². The lowest BCUT2D eigenvalue weighted by Gasteiger charge is -2.25. The quantitative estimate of drug-likeness (QED) is 0.537. The van der Waals surface area contributed by atoms with E-state index in [9.17, 15) is 9.59 Å². The number of benzene rings is 2. The molecule has 9 heteroatoms. The standard InChI is InChI=1S/C25H23N3O5S/c1-27(25(30)16-5-8-18(31-2)9-6-16)14-24(29)28-20(13-19(26-28)23-4-3-11-34-23)17-7-10-21-22(12-17)33-15-32-21/h3-12,20H,13-15H2,1-2H3. The molecule has 0 spiro atoms. The maximum absolute atomic E-state index is 13.4. The molecule has 34 heavy (non-hydrogen) atoms. The summed E-state index contributed by atoms with van der Waals surface area (Å²) in [4.78, 5) is 28.7. The van der Waals surface area contributed by atoms with Crippen molar-refractivity contribution < 1.29 is 23.8 Å². The van der Waals surface area contributed by atoms with E-state index in [2.05, 4.69) is 5.10 Å². The molecule has 174 valence electrons. The molecule has 0 saturated heterocycles. The van der Waals surface area contributed by atoms with Crippen LogP contribution in [0, 0.1) is 0 Å². The van der Waals surface area contributed by atoms with Gasteiger partial charge in [-0.1, -0.05) is 12.1 Å². The van der Waals surface area contributed by atoms with Crippen molar-refractivity contribution in [1.29, 1.82) is 0 Å². The normalized spacial score (nSPS) is 16.4. The second kappa shape index (κ2) is 9.18. The van der Waals surface area contributed by atoms with Crippen LogP contribution >= 0.6 is 11.3 Å². The first kappa shape index (κ1) is 22.0. The number of carbonyl (C=O) groups excluding carboxylic acids is 2. The SMILES string of the molecule is COc1ccc(C(=O)N(C)CC(=O)N2N=C(c3cccs3)CC2c2ccc3c(c2)OCO3)cc1. The predicted molar refractivity (Wildman–Crippen MR) is 128 cm³/mol. The minimum absolute atomic E-state index is 0.104. The van der Waals surface area contributed by atoms with Gasteiger partial charge in [-0.25, -0.2) is 5.01 Å². The Labute approximate surface area is 201 Å². The minimum atomic E-state index is -0.302. The van der Waals surface area contributed by atoms with Crippen LogP contribution < -0.4 is 14.2 Å². The number of methoxy groups -OCH3 is 1. The van der Waals surface area contributed by atoms with Crippen molar-refractivity contribution in [1.82, 2.24) is 9.91 Å². The molecule has 3 aromatic rings. The number of carbonyl (C=O) groups is 2. The third kappa shape index (κ3) is 4.22. The van der Waals surface area contributed by atoms with E-state index in [1.54, 1.807) is 49.8 Å². The number of amides is 2. The summed E-state index contributed by atoms with van der Waals surface area (Å²) in [5.41, 5.74) is 2.22. The van der Waals surface area contributed by atoms with Crippen LogP contribution in [0.1, 0.15) is 33.3 Å². The van der Waals surface area contributed by atoms with Crippen molar-refractivity contribution in [3.63, 3.8) is 0 Å². The molecule has 0 N–H and O–H groups in total. The smallest absolute Gasteiger partial charge is 0.262 e. The Hall–Kier alpha value is -3.85. The van der Waals surface area contributed by atoms with E-state index in [1.807, 2.05) is 35.7 Å². The second-order valence-corrected chi connectivity index (χ2v) is 8.93. The molecule has 5 rings (SSSR count). The van der Waals surface area contributed by atoms with Crippen molar-refractivity contribution in [2.45, 2.75) is 12.5 Å². The average molecular weight is 478 g/mol. The van der Waals surface area contributed by atoms with Crippen LogP contribution in [0.15, 0.2) is 65.1 Å². The van der Waals surface area contributed by atoms with Crippen LogP contribution in [0.4, 0.5) is 0 Å². The molecular weight excluding hydrogens is 454 g/mol. The molecule has 1 aromatic heterocycles. The summed E-state index contributed by atoms with van der Waals surface area (Å²) in [5.74, 6) is 1.48. The van der Waals surface area contributed by atoms with Gasteiger partial charge < -0.3 is 19.1 Å². The molecular formula is C25H23N3O5S. The van der Waals surface area contributed by atoms with Gasteiger partial charge >= 0.3 is 0 Å². The first-order valence-corrected chi connectivity index (χ1v) is 11.6. The zero-order valence-electron chi connectivity index (χ0n) is 18.8. The largest absolute Gasteiger partial charge is 0.497 e. The number of rotatable bonds is 6. The highest BCUT2D eigenvalue weighted by atomic mass is 32.1. The first-order chi connectivity index (χ1) is 16.5. The van der Waals surface area contributed by atoms with E-state index in [1.165, 1.54) is 9.91 Å². The highest BCUT2D eigenvalue weighted by molar-refractivity contribution is 7.12. The van der Waals surface area contributed by atoms with E-state index in [4.69, 9.17) is 14.2 Å². The van der Waals surface area contributed by atoms with Gasteiger partial charge in [-0.2, -0.15) is 5.10 Å². The molecule has 2 aromatic carbocycles. The van der Waals surface area contributed by atoms with Crippen LogP contribution in [0.3, 0.4) is 0 Å². The average Bonchev–Trinajstić information content (AvgIpc) is 3.63. The molecule has 8 nitrogen and oxygen atoms in total. The Balaban J connectivity index is 1.37. The lowest BCUT2D eigenvalue weighted by atomic mass is 10.0. The Morgan fingerprint density at radius 3 is 2.68 bits per heavy atom. The molecule has 2 aliphatic rings.